The average molecular weight is 282 g/mol. The highest BCUT2D eigenvalue weighted by atomic mass is 19.3. The van der Waals surface area contributed by atoms with Gasteiger partial charge in [-0.25, -0.2) is 13.2 Å². The second kappa shape index (κ2) is 5.96. The molecular formula is C15H13F3O2. The van der Waals surface area contributed by atoms with E-state index in [4.69, 9.17) is 4.74 Å². The summed E-state index contributed by atoms with van der Waals surface area (Å²) in [6.45, 7) is 0. The SMILES string of the molecule is COc1ccc(C(O)c2cccc(C(F)F)c2)c(F)c1. The molecule has 0 aliphatic heterocycles. The predicted octanol–water partition coefficient (Wildman–Crippen LogP) is 3.85. The van der Waals surface area contributed by atoms with Crippen molar-refractivity contribution in [1.82, 2.24) is 0 Å². The van der Waals surface area contributed by atoms with E-state index >= 15 is 0 Å². The molecular weight excluding hydrogens is 269 g/mol. The van der Waals surface area contributed by atoms with Gasteiger partial charge in [0.15, 0.2) is 0 Å². The molecule has 0 saturated carbocycles. The highest BCUT2D eigenvalue weighted by Crippen LogP contribution is 2.29. The van der Waals surface area contributed by atoms with E-state index in [9.17, 15) is 18.3 Å². The van der Waals surface area contributed by atoms with E-state index in [-0.39, 0.29) is 16.7 Å². The predicted molar refractivity (Wildman–Crippen MR) is 68.4 cm³/mol. The Labute approximate surface area is 114 Å². The summed E-state index contributed by atoms with van der Waals surface area (Å²) in [5, 5.41) is 10.1. The molecule has 1 atom stereocenters. The molecule has 2 nitrogen and oxygen atoms in total. The molecule has 1 unspecified atom stereocenters. The fourth-order valence-electron chi connectivity index (χ4n) is 1.90. The maximum atomic E-state index is 13.8. The number of ether oxygens (including phenoxy) is 1. The monoisotopic (exact) mass is 282 g/mol. The van der Waals surface area contributed by atoms with E-state index in [1.807, 2.05) is 0 Å². The van der Waals surface area contributed by atoms with Crippen LogP contribution in [-0.4, -0.2) is 12.2 Å². The van der Waals surface area contributed by atoms with Gasteiger partial charge in [-0.2, -0.15) is 0 Å². The summed E-state index contributed by atoms with van der Waals surface area (Å²) in [6, 6.07) is 9.30. The van der Waals surface area contributed by atoms with Crippen LogP contribution in [0, 0.1) is 5.82 Å². The van der Waals surface area contributed by atoms with Crippen molar-refractivity contribution in [1.29, 1.82) is 0 Å². The van der Waals surface area contributed by atoms with Crippen molar-refractivity contribution in [2.75, 3.05) is 7.11 Å². The fourth-order valence-corrected chi connectivity index (χ4v) is 1.90. The minimum absolute atomic E-state index is 0.0113. The number of alkyl halides is 2. The normalized spacial score (nSPS) is 12.5. The molecule has 1 N–H and O–H groups in total. The summed E-state index contributed by atoms with van der Waals surface area (Å²) in [6.07, 6.45) is -3.94. The third kappa shape index (κ3) is 2.93. The number of methoxy groups -OCH3 is 1. The molecule has 0 aliphatic rings. The van der Waals surface area contributed by atoms with Gasteiger partial charge in [0.25, 0.3) is 6.43 Å². The van der Waals surface area contributed by atoms with Crippen LogP contribution in [0.3, 0.4) is 0 Å². The van der Waals surface area contributed by atoms with Crippen LogP contribution in [-0.2, 0) is 0 Å². The van der Waals surface area contributed by atoms with Crippen LogP contribution in [0.25, 0.3) is 0 Å². The molecule has 2 aromatic rings. The minimum atomic E-state index is -2.64. The van der Waals surface area contributed by atoms with Crippen LogP contribution in [0.2, 0.25) is 0 Å². The molecule has 106 valence electrons. The van der Waals surface area contributed by atoms with Crippen molar-refractivity contribution in [2.45, 2.75) is 12.5 Å². The Morgan fingerprint density at radius 1 is 1.05 bits per heavy atom. The lowest BCUT2D eigenvalue weighted by molar-refractivity contribution is 0.150. The van der Waals surface area contributed by atoms with Crippen molar-refractivity contribution >= 4 is 0 Å². The number of hydrogen-bond donors (Lipinski definition) is 1. The molecule has 0 heterocycles. The van der Waals surface area contributed by atoms with Crippen molar-refractivity contribution in [3.05, 3.63) is 65.0 Å². The first-order chi connectivity index (χ1) is 9.52. The molecule has 2 aromatic carbocycles. The van der Waals surface area contributed by atoms with Gasteiger partial charge in [0.2, 0.25) is 0 Å². The number of aliphatic hydroxyl groups excluding tert-OH is 1. The summed E-state index contributed by atoms with van der Waals surface area (Å²) >= 11 is 0. The van der Waals surface area contributed by atoms with E-state index in [0.717, 1.165) is 6.07 Å². The number of benzene rings is 2. The maximum Gasteiger partial charge on any atom is 0.263 e. The second-order valence-corrected chi connectivity index (χ2v) is 4.26. The quantitative estimate of drug-likeness (QED) is 0.922. The van der Waals surface area contributed by atoms with Gasteiger partial charge in [0.1, 0.15) is 17.7 Å². The Morgan fingerprint density at radius 2 is 1.75 bits per heavy atom. The number of hydrogen-bond acceptors (Lipinski definition) is 2. The van der Waals surface area contributed by atoms with Crippen molar-refractivity contribution < 1.29 is 23.0 Å². The van der Waals surface area contributed by atoms with Gasteiger partial charge in [-0.15, -0.1) is 0 Å². The van der Waals surface area contributed by atoms with Gasteiger partial charge >= 0.3 is 0 Å². The summed E-state index contributed by atoms with van der Waals surface area (Å²) in [5.74, 6) is -0.334. The Bertz CT molecular complexity index is 599. The van der Waals surface area contributed by atoms with Crippen LogP contribution < -0.4 is 4.74 Å². The van der Waals surface area contributed by atoms with Crippen molar-refractivity contribution in [3.63, 3.8) is 0 Å². The maximum absolute atomic E-state index is 13.8. The highest BCUT2D eigenvalue weighted by molar-refractivity contribution is 5.36. The van der Waals surface area contributed by atoms with Crippen LogP contribution in [0.1, 0.15) is 29.2 Å². The molecule has 5 heteroatoms. The van der Waals surface area contributed by atoms with Gasteiger partial charge in [-0.05, 0) is 23.8 Å². The highest BCUT2D eigenvalue weighted by Gasteiger charge is 2.17. The molecule has 0 aliphatic carbocycles. The van der Waals surface area contributed by atoms with Gasteiger partial charge in [0, 0.05) is 17.2 Å². The molecule has 0 aromatic heterocycles. The van der Waals surface area contributed by atoms with Gasteiger partial charge in [-0.3, -0.25) is 0 Å². The molecule has 0 spiro atoms. The van der Waals surface area contributed by atoms with Gasteiger partial charge in [0.05, 0.1) is 7.11 Å². The minimum Gasteiger partial charge on any atom is -0.497 e. The molecule has 0 bridgehead atoms. The number of rotatable bonds is 4. The standard InChI is InChI=1S/C15H13F3O2/c1-20-11-5-6-12(13(16)8-11)14(19)9-3-2-4-10(7-9)15(17)18/h2-8,14-15,19H,1H3. The van der Waals surface area contributed by atoms with Crippen molar-refractivity contribution in [2.24, 2.45) is 0 Å². The molecule has 2 rings (SSSR count). The van der Waals surface area contributed by atoms with Crippen LogP contribution >= 0.6 is 0 Å². The summed E-state index contributed by atoms with van der Waals surface area (Å²) in [7, 11) is 1.40. The van der Waals surface area contributed by atoms with Gasteiger partial charge < -0.3 is 9.84 Å². The molecule has 0 fully saturated rings. The average Bonchev–Trinajstić information content (AvgIpc) is 2.46. The molecule has 0 amide bonds. The second-order valence-electron chi connectivity index (χ2n) is 4.26. The topological polar surface area (TPSA) is 29.5 Å². The summed E-state index contributed by atoms with van der Waals surface area (Å²) in [4.78, 5) is 0. The zero-order chi connectivity index (χ0) is 14.7. The lowest BCUT2D eigenvalue weighted by Gasteiger charge is -2.14. The van der Waals surface area contributed by atoms with E-state index < -0.39 is 18.3 Å². The van der Waals surface area contributed by atoms with E-state index in [1.165, 1.54) is 43.5 Å². The Morgan fingerprint density at radius 3 is 2.35 bits per heavy atom. The first kappa shape index (κ1) is 14.4. The Kier molecular flexibility index (Phi) is 4.29. The third-order valence-corrected chi connectivity index (χ3v) is 2.98. The smallest absolute Gasteiger partial charge is 0.263 e. The van der Waals surface area contributed by atoms with E-state index in [0.29, 0.717) is 5.75 Å². The number of halogens is 3. The molecule has 20 heavy (non-hydrogen) atoms. The van der Waals surface area contributed by atoms with Crippen LogP contribution in [0.5, 0.6) is 5.75 Å². The molecule has 0 radical (unpaired) electrons. The zero-order valence-corrected chi connectivity index (χ0v) is 10.7. The summed E-state index contributed by atoms with van der Waals surface area (Å²) in [5.41, 5.74) is 0.0135. The largest absolute Gasteiger partial charge is 0.497 e. The lowest BCUT2D eigenvalue weighted by Crippen LogP contribution is -2.03. The lowest BCUT2D eigenvalue weighted by atomic mass is 9.99. The van der Waals surface area contributed by atoms with Crippen LogP contribution in [0.4, 0.5) is 13.2 Å². The number of aliphatic hydroxyl groups is 1. The van der Waals surface area contributed by atoms with Gasteiger partial charge in [-0.1, -0.05) is 18.2 Å². The van der Waals surface area contributed by atoms with E-state index in [2.05, 4.69) is 0 Å². The first-order valence-corrected chi connectivity index (χ1v) is 5.92. The third-order valence-electron chi connectivity index (χ3n) is 2.98. The summed E-state index contributed by atoms with van der Waals surface area (Å²) < 4.78 is 43.9. The van der Waals surface area contributed by atoms with Crippen molar-refractivity contribution in [3.8, 4) is 5.75 Å². The first-order valence-electron chi connectivity index (χ1n) is 5.92. The molecule has 0 saturated heterocycles. The zero-order valence-electron chi connectivity index (χ0n) is 10.7. The Hall–Kier alpha value is -2.01. The Balaban J connectivity index is 2.35. The fraction of sp³-hybridized carbons (Fsp3) is 0.200. The van der Waals surface area contributed by atoms with Crippen LogP contribution in [0.15, 0.2) is 42.5 Å². The van der Waals surface area contributed by atoms with E-state index in [1.54, 1.807) is 0 Å².